The number of anilines is 1. The second-order valence-corrected chi connectivity index (χ2v) is 3.66. The molecule has 2 rings (SSSR count). The van der Waals surface area contributed by atoms with E-state index in [1.54, 1.807) is 6.92 Å². The number of nitrogens with zero attached hydrogens (tertiary/aromatic N) is 1. The minimum atomic E-state index is -4.35. The Morgan fingerprint density at radius 3 is 2.62 bits per heavy atom. The van der Waals surface area contributed by atoms with Crippen molar-refractivity contribution < 1.29 is 18.0 Å². The number of hydrogen-bond donors (Lipinski definition) is 0. The Labute approximate surface area is 90.7 Å². The van der Waals surface area contributed by atoms with Gasteiger partial charge in [-0.05, 0) is 30.7 Å². The third kappa shape index (κ3) is 1.66. The first-order valence-corrected chi connectivity index (χ1v) is 4.94. The van der Waals surface area contributed by atoms with Gasteiger partial charge in [0.2, 0.25) is 5.91 Å². The molecule has 0 saturated heterocycles. The number of benzene rings is 1. The van der Waals surface area contributed by atoms with Crippen molar-refractivity contribution in [3.63, 3.8) is 0 Å². The lowest BCUT2D eigenvalue weighted by Gasteiger charge is -2.15. The molecule has 0 N–H and O–H groups in total. The van der Waals surface area contributed by atoms with Gasteiger partial charge in [-0.2, -0.15) is 13.2 Å². The van der Waals surface area contributed by atoms with Crippen molar-refractivity contribution in [2.45, 2.75) is 19.5 Å². The molecule has 1 aromatic rings. The molecule has 0 spiro atoms. The normalized spacial score (nSPS) is 15.5. The summed E-state index contributed by atoms with van der Waals surface area (Å²) in [6.45, 7) is 2.28. The first-order chi connectivity index (χ1) is 7.43. The van der Waals surface area contributed by atoms with E-state index in [0.717, 1.165) is 12.1 Å². The second kappa shape index (κ2) is 3.50. The van der Waals surface area contributed by atoms with Crippen molar-refractivity contribution in [3.8, 4) is 0 Å². The first kappa shape index (κ1) is 11.0. The predicted octanol–water partition coefficient (Wildman–Crippen LogP) is 2.61. The van der Waals surface area contributed by atoms with Gasteiger partial charge in [0, 0.05) is 12.2 Å². The number of halogens is 3. The molecule has 0 atom stereocenters. The fourth-order valence-corrected chi connectivity index (χ4v) is 1.91. The van der Waals surface area contributed by atoms with Gasteiger partial charge in [-0.1, -0.05) is 0 Å². The van der Waals surface area contributed by atoms with Crippen LogP contribution >= 0.6 is 0 Å². The Balaban J connectivity index is 2.44. The third-order valence-electron chi connectivity index (χ3n) is 2.66. The molecule has 5 heteroatoms. The van der Waals surface area contributed by atoms with Gasteiger partial charge >= 0.3 is 6.18 Å². The highest BCUT2D eigenvalue weighted by Gasteiger charge is 2.33. The smallest absolute Gasteiger partial charge is 0.312 e. The number of rotatable bonds is 1. The Bertz CT molecular complexity index is 439. The fraction of sp³-hybridized carbons (Fsp3) is 0.364. The fourth-order valence-electron chi connectivity index (χ4n) is 1.91. The van der Waals surface area contributed by atoms with Crippen LogP contribution < -0.4 is 4.90 Å². The van der Waals surface area contributed by atoms with E-state index in [9.17, 15) is 18.0 Å². The molecular formula is C11H10F3NO. The maximum Gasteiger partial charge on any atom is 0.416 e. The molecule has 0 radical (unpaired) electrons. The largest absolute Gasteiger partial charge is 0.416 e. The van der Waals surface area contributed by atoms with Gasteiger partial charge in [0.1, 0.15) is 0 Å². The van der Waals surface area contributed by atoms with Gasteiger partial charge in [0.25, 0.3) is 0 Å². The molecule has 0 aliphatic carbocycles. The number of alkyl halides is 3. The summed E-state index contributed by atoms with van der Waals surface area (Å²) in [4.78, 5) is 13.0. The summed E-state index contributed by atoms with van der Waals surface area (Å²) >= 11 is 0. The van der Waals surface area contributed by atoms with Gasteiger partial charge in [-0.15, -0.1) is 0 Å². The van der Waals surface area contributed by atoms with E-state index < -0.39 is 11.7 Å². The molecule has 0 unspecified atom stereocenters. The molecule has 86 valence electrons. The highest BCUT2D eigenvalue weighted by molar-refractivity contribution is 6.01. The summed E-state index contributed by atoms with van der Waals surface area (Å²) in [6, 6.07) is 3.44. The van der Waals surface area contributed by atoms with E-state index in [4.69, 9.17) is 0 Å². The number of fused-ring (bicyclic) bond motifs is 1. The minimum absolute atomic E-state index is 0.0626. The molecule has 0 aromatic heterocycles. The van der Waals surface area contributed by atoms with Crippen LogP contribution in [0.25, 0.3) is 0 Å². The van der Waals surface area contributed by atoms with Gasteiger partial charge in [-0.25, -0.2) is 0 Å². The minimum Gasteiger partial charge on any atom is -0.312 e. The van der Waals surface area contributed by atoms with Crippen LogP contribution in [0.4, 0.5) is 18.9 Å². The van der Waals surface area contributed by atoms with Crippen molar-refractivity contribution in [2.24, 2.45) is 0 Å². The molecule has 0 fully saturated rings. The Morgan fingerprint density at radius 1 is 1.38 bits per heavy atom. The predicted molar refractivity (Wildman–Crippen MR) is 53.2 cm³/mol. The van der Waals surface area contributed by atoms with E-state index in [-0.39, 0.29) is 12.3 Å². The number of carbonyl (C=O) groups is 1. The van der Waals surface area contributed by atoms with E-state index in [2.05, 4.69) is 0 Å². The zero-order valence-electron chi connectivity index (χ0n) is 8.64. The number of carbonyl (C=O) groups excluding carboxylic acids is 1. The van der Waals surface area contributed by atoms with Gasteiger partial charge in [0.15, 0.2) is 0 Å². The van der Waals surface area contributed by atoms with Crippen molar-refractivity contribution >= 4 is 11.6 Å². The van der Waals surface area contributed by atoms with Crippen LogP contribution in [0.15, 0.2) is 18.2 Å². The number of likely N-dealkylation sites (N-methyl/N-ethyl adjacent to an activating group) is 1. The van der Waals surface area contributed by atoms with Crippen LogP contribution in [0.3, 0.4) is 0 Å². The first-order valence-electron chi connectivity index (χ1n) is 4.94. The Kier molecular flexibility index (Phi) is 2.40. The average molecular weight is 229 g/mol. The molecule has 1 amide bonds. The molecule has 0 bridgehead atoms. The van der Waals surface area contributed by atoms with E-state index >= 15 is 0 Å². The van der Waals surface area contributed by atoms with Gasteiger partial charge in [0.05, 0.1) is 12.0 Å². The van der Waals surface area contributed by atoms with E-state index in [1.165, 1.54) is 11.0 Å². The molecule has 1 aliphatic heterocycles. The van der Waals surface area contributed by atoms with Crippen molar-refractivity contribution in [3.05, 3.63) is 29.3 Å². The van der Waals surface area contributed by atoms with E-state index in [0.29, 0.717) is 17.8 Å². The Hall–Kier alpha value is -1.52. The summed E-state index contributed by atoms with van der Waals surface area (Å²) in [5.74, 6) is -0.142. The Morgan fingerprint density at radius 2 is 2.06 bits per heavy atom. The maximum absolute atomic E-state index is 12.4. The lowest BCUT2D eigenvalue weighted by atomic mass is 10.1. The molecule has 0 saturated carbocycles. The van der Waals surface area contributed by atoms with Crippen molar-refractivity contribution in [2.75, 3.05) is 11.4 Å². The quantitative estimate of drug-likeness (QED) is 0.724. The van der Waals surface area contributed by atoms with Gasteiger partial charge in [-0.3, -0.25) is 4.79 Å². The van der Waals surface area contributed by atoms with Crippen LogP contribution in [0.2, 0.25) is 0 Å². The monoisotopic (exact) mass is 229 g/mol. The lowest BCUT2D eigenvalue weighted by molar-refractivity contribution is -0.137. The average Bonchev–Trinajstić information content (AvgIpc) is 2.50. The topological polar surface area (TPSA) is 20.3 Å². The summed E-state index contributed by atoms with van der Waals surface area (Å²) in [5.41, 5.74) is 0.360. The zero-order chi connectivity index (χ0) is 11.9. The maximum atomic E-state index is 12.4. The molecule has 16 heavy (non-hydrogen) atoms. The van der Waals surface area contributed by atoms with Crippen molar-refractivity contribution in [1.29, 1.82) is 0 Å². The molecular weight excluding hydrogens is 219 g/mol. The highest BCUT2D eigenvalue weighted by Crippen LogP contribution is 2.35. The molecule has 1 aliphatic rings. The number of hydrogen-bond acceptors (Lipinski definition) is 1. The standard InChI is InChI=1S/C11H10F3NO/c1-2-15-9-4-3-8(11(12,13)14)5-7(9)6-10(15)16/h3-5H,2,6H2,1H3. The van der Waals surface area contributed by atoms with Crippen molar-refractivity contribution in [1.82, 2.24) is 0 Å². The summed E-state index contributed by atoms with van der Waals surface area (Å²) in [6.07, 6.45) is -4.29. The zero-order valence-corrected chi connectivity index (χ0v) is 8.64. The van der Waals surface area contributed by atoms with Crippen LogP contribution in [0.1, 0.15) is 18.1 Å². The van der Waals surface area contributed by atoms with Crippen LogP contribution in [-0.4, -0.2) is 12.5 Å². The molecule has 1 heterocycles. The lowest BCUT2D eigenvalue weighted by Crippen LogP contribution is -2.25. The summed E-state index contributed by atoms with van der Waals surface area (Å²) < 4.78 is 37.3. The second-order valence-electron chi connectivity index (χ2n) is 3.66. The van der Waals surface area contributed by atoms with Crippen LogP contribution in [-0.2, 0) is 17.4 Å². The van der Waals surface area contributed by atoms with Crippen LogP contribution in [0, 0.1) is 0 Å². The molecule has 2 nitrogen and oxygen atoms in total. The van der Waals surface area contributed by atoms with Crippen LogP contribution in [0.5, 0.6) is 0 Å². The third-order valence-corrected chi connectivity index (χ3v) is 2.66. The molecule has 1 aromatic carbocycles. The number of amides is 1. The summed E-state index contributed by atoms with van der Waals surface area (Å²) in [5, 5.41) is 0. The SMILES string of the molecule is CCN1C(=O)Cc2cc(C(F)(F)F)ccc21. The van der Waals surface area contributed by atoms with Gasteiger partial charge < -0.3 is 4.90 Å². The highest BCUT2D eigenvalue weighted by atomic mass is 19.4. The summed E-state index contributed by atoms with van der Waals surface area (Å²) in [7, 11) is 0. The van der Waals surface area contributed by atoms with E-state index in [1.807, 2.05) is 0 Å².